The van der Waals surface area contributed by atoms with Gasteiger partial charge in [0.2, 0.25) is 0 Å². The summed E-state index contributed by atoms with van der Waals surface area (Å²) in [4.78, 5) is 15.8. The van der Waals surface area contributed by atoms with Crippen LogP contribution in [0.4, 0.5) is 5.82 Å². The highest BCUT2D eigenvalue weighted by atomic mass is 16.5. The SMILES string of the molecule is CCOC(=O)c1c(NN=Cc2cccnc2)n[nH]c1C. The normalized spacial score (nSPS) is 10.7. The molecule has 0 fully saturated rings. The van der Waals surface area contributed by atoms with Crippen LogP contribution in [0.15, 0.2) is 29.6 Å². The zero-order chi connectivity index (χ0) is 14.4. The molecule has 104 valence electrons. The van der Waals surface area contributed by atoms with Gasteiger partial charge in [-0.2, -0.15) is 10.2 Å². The van der Waals surface area contributed by atoms with Crippen LogP contribution in [0.3, 0.4) is 0 Å². The van der Waals surface area contributed by atoms with Crippen molar-refractivity contribution in [2.45, 2.75) is 13.8 Å². The second-order valence-electron chi connectivity index (χ2n) is 3.95. The third-order valence-electron chi connectivity index (χ3n) is 2.50. The third kappa shape index (κ3) is 3.19. The Morgan fingerprint density at radius 2 is 2.45 bits per heavy atom. The number of carbonyl (C=O) groups excluding carboxylic acids is 1. The molecule has 2 heterocycles. The maximum Gasteiger partial charge on any atom is 0.343 e. The highest BCUT2D eigenvalue weighted by Crippen LogP contribution is 2.17. The van der Waals surface area contributed by atoms with E-state index in [1.165, 1.54) is 0 Å². The summed E-state index contributed by atoms with van der Waals surface area (Å²) in [5.41, 5.74) is 4.54. The van der Waals surface area contributed by atoms with Gasteiger partial charge in [0.1, 0.15) is 5.56 Å². The van der Waals surface area contributed by atoms with Crippen LogP contribution < -0.4 is 5.43 Å². The van der Waals surface area contributed by atoms with Gasteiger partial charge in [-0.1, -0.05) is 6.07 Å². The lowest BCUT2D eigenvalue weighted by atomic mass is 10.2. The van der Waals surface area contributed by atoms with Crippen molar-refractivity contribution in [3.63, 3.8) is 0 Å². The molecule has 0 spiro atoms. The molecule has 0 aliphatic carbocycles. The minimum Gasteiger partial charge on any atom is -0.462 e. The largest absolute Gasteiger partial charge is 0.462 e. The number of ether oxygens (including phenoxy) is 1. The molecule has 2 rings (SSSR count). The van der Waals surface area contributed by atoms with Gasteiger partial charge >= 0.3 is 5.97 Å². The first kappa shape index (κ1) is 13.7. The van der Waals surface area contributed by atoms with Gasteiger partial charge < -0.3 is 4.74 Å². The van der Waals surface area contributed by atoms with E-state index in [2.05, 4.69) is 25.7 Å². The molecule has 0 radical (unpaired) electrons. The lowest BCUT2D eigenvalue weighted by molar-refractivity contribution is 0.0526. The lowest BCUT2D eigenvalue weighted by Crippen LogP contribution is -2.08. The van der Waals surface area contributed by atoms with E-state index in [0.29, 0.717) is 23.7 Å². The molecule has 0 amide bonds. The van der Waals surface area contributed by atoms with Crippen molar-refractivity contribution in [2.24, 2.45) is 5.10 Å². The number of hydrogen-bond acceptors (Lipinski definition) is 6. The number of H-pyrrole nitrogens is 1. The molecule has 20 heavy (non-hydrogen) atoms. The van der Waals surface area contributed by atoms with Crippen LogP contribution in [-0.2, 0) is 4.74 Å². The first-order valence-electron chi connectivity index (χ1n) is 6.13. The molecule has 0 saturated heterocycles. The van der Waals surface area contributed by atoms with Crippen molar-refractivity contribution in [1.29, 1.82) is 0 Å². The predicted octanol–water partition coefficient (Wildman–Crippen LogP) is 1.74. The number of aryl methyl sites for hydroxylation is 1. The van der Waals surface area contributed by atoms with Crippen LogP contribution in [0.5, 0.6) is 0 Å². The van der Waals surface area contributed by atoms with Crippen LogP contribution >= 0.6 is 0 Å². The number of pyridine rings is 1. The summed E-state index contributed by atoms with van der Waals surface area (Å²) in [7, 11) is 0. The van der Waals surface area contributed by atoms with Crippen molar-refractivity contribution < 1.29 is 9.53 Å². The molecular formula is C13H15N5O2. The second kappa shape index (κ2) is 6.46. The van der Waals surface area contributed by atoms with Crippen LogP contribution in [-0.4, -0.2) is 34.0 Å². The fraction of sp³-hybridized carbons (Fsp3) is 0.231. The van der Waals surface area contributed by atoms with E-state index in [4.69, 9.17) is 4.74 Å². The number of rotatable bonds is 5. The molecule has 2 aromatic rings. The van der Waals surface area contributed by atoms with Crippen LogP contribution in [0, 0.1) is 6.92 Å². The van der Waals surface area contributed by atoms with Crippen LogP contribution in [0.2, 0.25) is 0 Å². The van der Waals surface area contributed by atoms with Gasteiger partial charge in [0.15, 0.2) is 5.82 Å². The van der Waals surface area contributed by atoms with Crippen LogP contribution in [0.25, 0.3) is 0 Å². The van der Waals surface area contributed by atoms with E-state index in [1.807, 2.05) is 12.1 Å². The number of aromatic amines is 1. The fourth-order valence-corrected chi connectivity index (χ4v) is 1.58. The Kier molecular flexibility index (Phi) is 4.43. The molecule has 0 unspecified atom stereocenters. The van der Waals surface area contributed by atoms with E-state index in [-0.39, 0.29) is 0 Å². The number of nitrogens with one attached hydrogen (secondary N) is 2. The highest BCUT2D eigenvalue weighted by Gasteiger charge is 2.18. The fourth-order valence-electron chi connectivity index (χ4n) is 1.58. The minimum absolute atomic E-state index is 0.307. The molecule has 0 bridgehead atoms. The Hall–Kier alpha value is -2.70. The topological polar surface area (TPSA) is 92.3 Å². The number of esters is 1. The molecule has 0 aliphatic rings. The van der Waals surface area contributed by atoms with Gasteiger partial charge in [-0.05, 0) is 19.9 Å². The Bertz CT molecular complexity index is 606. The Balaban J connectivity index is 2.10. The summed E-state index contributed by atoms with van der Waals surface area (Å²) < 4.78 is 4.97. The molecule has 0 saturated carbocycles. The van der Waals surface area contributed by atoms with Crippen molar-refractivity contribution in [3.8, 4) is 0 Å². The van der Waals surface area contributed by atoms with Gasteiger partial charge in [0, 0.05) is 23.7 Å². The molecular weight excluding hydrogens is 258 g/mol. The zero-order valence-electron chi connectivity index (χ0n) is 11.3. The Labute approximate surface area is 116 Å². The molecule has 7 heteroatoms. The molecule has 0 aliphatic heterocycles. The van der Waals surface area contributed by atoms with Gasteiger partial charge in [-0.15, -0.1) is 0 Å². The maximum atomic E-state index is 11.8. The van der Waals surface area contributed by atoms with Gasteiger partial charge in [-0.25, -0.2) is 4.79 Å². The average molecular weight is 273 g/mol. The molecule has 0 atom stereocenters. The van der Waals surface area contributed by atoms with Crippen molar-refractivity contribution in [1.82, 2.24) is 15.2 Å². The average Bonchev–Trinajstić information content (AvgIpc) is 2.81. The maximum absolute atomic E-state index is 11.8. The van der Waals surface area contributed by atoms with E-state index in [9.17, 15) is 4.79 Å². The van der Waals surface area contributed by atoms with Gasteiger partial charge in [0.25, 0.3) is 0 Å². The van der Waals surface area contributed by atoms with Gasteiger partial charge in [-0.3, -0.25) is 15.5 Å². The van der Waals surface area contributed by atoms with Crippen molar-refractivity contribution >= 4 is 18.0 Å². The predicted molar refractivity (Wildman–Crippen MR) is 74.7 cm³/mol. The van der Waals surface area contributed by atoms with Gasteiger partial charge in [0.05, 0.1) is 12.8 Å². The van der Waals surface area contributed by atoms with E-state index < -0.39 is 5.97 Å². The Morgan fingerprint density at radius 3 is 3.15 bits per heavy atom. The summed E-state index contributed by atoms with van der Waals surface area (Å²) in [6.45, 7) is 3.80. The number of nitrogens with zero attached hydrogens (tertiary/aromatic N) is 3. The van der Waals surface area contributed by atoms with Crippen LogP contribution in [0.1, 0.15) is 28.5 Å². The standard InChI is InChI=1S/C13H15N5O2/c1-3-20-13(19)11-9(2)16-18-12(11)17-15-8-10-5-4-6-14-7-10/h4-8H,3H2,1-2H3,(H2,16,17,18). The quantitative estimate of drug-likeness (QED) is 0.491. The first-order valence-corrected chi connectivity index (χ1v) is 6.13. The number of carbonyl (C=O) groups is 1. The first-order chi connectivity index (χ1) is 9.72. The number of hydrazone groups is 1. The minimum atomic E-state index is -0.433. The third-order valence-corrected chi connectivity index (χ3v) is 2.50. The summed E-state index contributed by atoms with van der Waals surface area (Å²) in [6, 6.07) is 3.67. The monoisotopic (exact) mass is 273 g/mol. The van der Waals surface area contributed by atoms with E-state index in [1.54, 1.807) is 32.5 Å². The number of hydrogen-bond donors (Lipinski definition) is 2. The zero-order valence-corrected chi connectivity index (χ0v) is 11.3. The summed E-state index contributed by atoms with van der Waals surface area (Å²) in [5, 5.41) is 10.7. The highest BCUT2D eigenvalue weighted by molar-refractivity contribution is 5.96. The summed E-state index contributed by atoms with van der Waals surface area (Å²) in [6.07, 6.45) is 4.94. The molecule has 0 aromatic carbocycles. The second-order valence-corrected chi connectivity index (χ2v) is 3.95. The summed E-state index contributed by atoms with van der Waals surface area (Å²) >= 11 is 0. The number of anilines is 1. The summed E-state index contributed by atoms with van der Waals surface area (Å²) in [5.74, 6) is -0.0982. The van der Waals surface area contributed by atoms with E-state index >= 15 is 0 Å². The molecule has 2 N–H and O–H groups in total. The number of aromatic nitrogens is 3. The molecule has 2 aromatic heterocycles. The van der Waals surface area contributed by atoms with E-state index in [0.717, 1.165) is 5.56 Å². The smallest absolute Gasteiger partial charge is 0.343 e. The van der Waals surface area contributed by atoms with Crippen molar-refractivity contribution in [2.75, 3.05) is 12.0 Å². The lowest BCUT2D eigenvalue weighted by Gasteiger charge is -2.02. The van der Waals surface area contributed by atoms with Crippen molar-refractivity contribution in [3.05, 3.63) is 41.3 Å². The Morgan fingerprint density at radius 1 is 1.60 bits per heavy atom. The molecule has 7 nitrogen and oxygen atoms in total.